The van der Waals surface area contributed by atoms with Crippen molar-refractivity contribution in [2.75, 3.05) is 6.16 Å². The molecule has 122 valence electrons. The summed E-state index contributed by atoms with van der Waals surface area (Å²) in [5.74, 6) is -5.25. The van der Waals surface area contributed by atoms with Crippen LogP contribution in [0.25, 0.3) is 0 Å². The summed E-state index contributed by atoms with van der Waals surface area (Å²) in [7, 11) is -4.18. The number of carboxylic acid groups (broad SMARTS) is 1. The van der Waals surface area contributed by atoms with Gasteiger partial charge in [0.2, 0.25) is 7.37 Å². The molecule has 1 aromatic rings. The van der Waals surface area contributed by atoms with Crippen LogP contribution in [0.5, 0.6) is 0 Å². The van der Waals surface area contributed by atoms with Gasteiger partial charge >= 0.3 is 5.97 Å². The third-order valence-electron chi connectivity index (χ3n) is 4.33. The maximum atomic E-state index is 14.6. The summed E-state index contributed by atoms with van der Waals surface area (Å²) < 4.78 is 27.1. The number of alkyl halides is 1. The molecule has 0 radical (unpaired) electrons. The lowest BCUT2D eigenvalue weighted by Gasteiger charge is -2.27. The first kappa shape index (κ1) is 17.2. The number of benzene rings is 1. The lowest BCUT2D eigenvalue weighted by atomic mass is 9.91. The van der Waals surface area contributed by atoms with E-state index in [1.54, 1.807) is 18.2 Å². The van der Waals surface area contributed by atoms with Crippen molar-refractivity contribution in [1.82, 2.24) is 0 Å². The molecule has 0 amide bonds. The van der Waals surface area contributed by atoms with Crippen LogP contribution in [0.4, 0.5) is 4.39 Å². The minimum Gasteiger partial charge on any atom is -0.481 e. The smallest absolute Gasteiger partial charge is 0.314 e. The number of hydrogen-bond acceptors (Lipinski definition) is 2. The van der Waals surface area contributed by atoms with E-state index in [-0.39, 0.29) is 17.6 Å². The fraction of sp³-hybridized carbons (Fsp3) is 0.562. The van der Waals surface area contributed by atoms with Gasteiger partial charge in [0.1, 0.15) is 5.92 Å². The van der Waals surface area contributed by atoms with E-state index in [0.29, 0.717) is 0 Å². The highest BCUT2D eigenvalue weighted by molar-refractivity contribution is 7.58. The van der Waals surface area contributed by atoms with E-state index in [2.05, 4.69) is 0 Å². The summed E-state index contributed by atoms with van der Waals surface area (Å²) in [6, 6.07) is 7.84. The highest BCUT2D eigenvalue weighted by Gasteiger charge is 2.43. The Bertz CT molecular complexity index is 542. The van der Waals surface area contributed by atoms with Crippen LogP contribution in [-0.4, -0.2) is 28.0 Å². The summed E-state index contributed by atoms with van der Waals surface area (Å²) >= 11 is 0. The molecule has 1 aliphatic rings. The molecule has 1 fully saturated rings. The SMILES string of the molecule is O=C(O)C(c1ccccc1)C(F)P(=O)(O)CC1CCCCC1. The second kappa shape index (κ2) is 7.38. The lowest BCUT2D eigenvalue weighted by molar-refractivity contribution is -0.139. The average Bonchev–Trinajstić information content (AvgIpc) is 2.48. The van der Waals surface area contributed by atoms with Gasteiger partial charge in [-0.2, -0.15) is 0 Å². The normalized spacial score (nSPS) is 21.7. The van der Waals surface area contributed by atoms with Gasteiger partial charge < -0.3 is 10.00 Å². The Kier molecular flexibility index (Phi) is 5.76. The van der Waals surface area contributed by atoms with Crippen molar-refractivity contribution in [2.45, 2.75) is 43.9 Å². The summed E-state index contributed by atoms with van der Waals surface area (Å²) in [6.45, 7) is 0. The minimum atomic E-state index is -4.18. The molecule has 3 atom stereocenters. The molecule has 0 aromatic heterocycles. The Hall–Kier alpha value is -1.19. The van der Waals surface area contributed by atoms with Gasteiger partial charge in [-0.3, -0.25) is 9.36 Å². The lowest BCUT2D eigenvalue weighted by Crippen LogP contribution is -2.25. The molecule has 6 heteroatoms. The van der Waals surface area contributed by atoms with Crippen molar-refractivity contribution >= 4 is 13.3 Å². The largest absolute Gasteiger partial charge is 0.481 e. The monoisotopic (exact) mass is 328 g/mol. The topological polar surface area (TPSA) is 74.6 Å². The Morgan fingerprint density at radius 2 is 1.82 bits per heavy atom. The van der Waals surface area contributed by atoms with Crippen LogP contribution < -0.4 is 0 Å². The summed E-state index contributed by atoms with van der Waals surface area (Å²) in [6.07, 6.45) is 4.60. The fourth-order valence-corrected chi connectivity index (χ4v) is 5.22. The Balaban J connectivity index is 2.16. The van der Waals surface area contributed by atoms with E-state index in [4.69, 9.17) is 0 Å². The average molecular weight is 328 g/mol. The number of carboxylic acids is 1. The molecule has 1 aliphatic carbocycles. The van der Waals surface area contributed by atoms with Gasteiger partial charge in [-0.15, -0.1) is 0 Å². The van der Waals surface area contributed by atoms with Crippen molar-refractivity contribution in [3.05, 3.63) is 35.9 Å². The Morgan fingerprint density at radius 3 is 2.36 bits per heavy atom. The Morgan fingerprint density at radius 1 is 1.23 bits per heavy atom. The standard InChI is InChI=1S/C16H22FO4P/c17-15(14(16(18)19)13-9-5-2-6-10-13)22(20,21)11-12-7-3-1-4-8-12/h2,5-6,9-10,12,14-15H,1,3-4,7-8,11H2,(H,18,19)(H,20,21). The predicted molar refractivity (Wildman–Crippen MR) is 83.0 cm³/mol. The van der Waals surface area contributed by atoms with Gasteiger partial charge in [0.15, 0.2) is 5.91 Å². The maximum absolute atomic E-state index is 14.6. The first-order valence-electron chi connectivity index (χ1n) is 7.65. The van der Waals surface area contributed by atoms with E-state index in [1.165, 1.54) is 12.1 Å². The summed E-state index contributed by atoms with van der Waals surface area (Å²) in [4.78, 5) is 21.5. The molecule has 0 bridgehead atoms. The molecule has 1 saturated carbocycles. The zero-order chi connectivity index (χ0) is 16.2. The highest BCUT2D eigenvalue weighted by Crippen LogP contribution is 2.55. The third-order valence-corrected chi connectivity index (χ3v) is 6.44. The zero-order valence-corrected chi connectivity index (χ0v) is 13.3. The van der Waals surface area contributed by atoms with Crippen LogP contribution in [0.2, 0.25) is 0 Å². The quantitative estimate of drug-likeness (QED) is 0.774. The molecule has 0 spiro atoms. The van der Waals surface area contributed by atoms with E-state index >= 15 is 0 Å². The molecule has 0 saturated heterocycles. The van der Waals surface area contributed by atoms with Crippen LogP contribution in [0.15, 0.2) is 30.3 Å². The van der Waals surface area contributed by atoms with Crippen molar-refractivity contribution in [1.29, 1.82) is 0 Å². The third kappa shape index (κ3) is 4.17. The van der Waals surface area contributed by atoms with Crippen LogP contribution in [-0.2, 0) is 9.36 Å². The minimum absolute atomic E-state index is 0.0213. The van der Waals surface area contributed by atoms with Gasteiger partial charge in [0.05, 0.1) is 0 Å². The van der Waals surface area contributed by atoms with Crippen molar-refractivity contribution < 1.29 is 23.7 Å². The second-order valence-electron chi connectivity index (χ2n) is 6.04. The number of hydrogen-bond donors (Lipinski definition) is 2. The van der Waals surface area contributed by atoms with Crippen LogP contribution in [0.1, 0.15) is 43.6 Å². The Labute approximate surface area is 129 Å². The van der Waals surface area contributed by atoms with Crippen LogP contribution >= 0.6 is 7.37 Å². The van der Waals surface area contributed by atoms with Crippen molar-refractivity contribution in [3.8, 4) is 0 Å². The van der Waals surface area contributed by atoms with Gasteiger partial charge in [0.25, 0.3) is 0 Å². The molecule has 2 N–H and O–H groups in total. The molecule has 1 aromatic carbocycles. The molecule has 22 heavy (non-hydrogen) atoms. The molecule has 4 nitrogen and oxygen atoms in total. The maximum Gasteiger partial charge on any atom is 0.314 e. The molecule has 0 aliphatic heterocycles. The van der Waals surface area contributed by atoms with Gasteiger partial charge in [-0.25, -0.2) is 4.39 Å². The summed E-state index contributed by atoms with van der Waals surface area (Å²) in [5.41, 5.74) is 0.223. The van der Waals surface area contributed by atoms with Crippen LogP contribution in [0.3, 0.4) is 0 Å². The fourth-order valence-electron chi connectivity index (χ4n) is 3.15. The highest BCUT2D eigenvalue weighted by atomic mass is 31.2. The van der Waals surface area contributed by atoms with Gasteiger partial charge in [0, 0.05) is 6.16 Å². The van der Waals surface area contributed by atoms with E-state index in [0.717, 1.165) is 32.1 Å². The van der Waals surface area contributed by atoms with Crippen molar-refractivity contribution in [2.24, 2.45) is 5.92 Å². The number of halogens is 1. The van der Waals surface area contributed by atoms with Crippen molar-refractivity contribution in [3.63, 3.8) is 0 Å². The first-order valence-corrected chi connectivity index (χ1v) is 9.56. The number of carbonyl (C=O) groups is 1. The summed E-state index contributed by atoms with van der Waals surface area (Å²) in [5, 5.41) is 9.29. The van der Waals surface area contributed by atoms with E-state index < -0.39 is 25.2 Å². The second-order valence-corrected chi connectivity index (χ2v) is 8.41. The molecular weight excluding hydrogens is 306 g/mol. The van der Waals surface area contributed by atoms with E-state index in [9.17, 15) is 23.7 Å². The number of aliphatic carboxylic acids is 1. The predicted octanol–water partition coefficient (Wildman–Crippen LogP) is 4.00. The zero-order valence-electron chi connectivity index (χ0n) is 12.4. The van der Waals surface area contributed by atoms with Gasteiger partial charge in [-0.05, 0) is 24.3 Å². The molecule has 0 heterocycles. The first-order chi connectivity index (χ1) is 10.4. The molecular formula is C16H22FO4P. The molecule has 2 rings (SSSR count). The van der Waals surface area contributed by atoms with Gasteiger partial charge in [-0.1, -0.05) is 49.6 Å². The van der Waals surface area contributed by atoms with Crippen LogP contribution in [0, 0.1) is 5.92 Å². The van der Waals surface area contributed by atoms with E-state index in [1.807, 2.05) is 0 Å². The number of rotatable bonds is 6. The molecule has 3 unspecified atom stereocenters.